The molecule has 0 aromatic carbocycles. The van der Waals surface area contributed by atoms with Crippen LogP contribution >= 0.6 is 0 Å². The van der Waals surface area contributed by atoms with Gasteiger partial charge in [-0.15, -0.1) is 0 Å². The molecule has 0 aromatic rings. The summed E-state index contributed by atoms with van der Waals surface area (Å²) in [6.07, 6.45) is 0. The summed E-state index contributed by atoms with van der Waals surface area (Å²) in [6, 6.07) is 0. The molecule has 0 aliphatic carbocycles. The minimum atomic E-state index is -2.23. The maximum absolute atomic E-state index is 12.4. The molecule has 0 aliphatic heterocycles. The molecule has 0 N–H and O–H groups in total. The van der Waals surface area contributed by atoms with Gasteiger partial charge in [0, 0.05) is 0 Å². The largest absolute Gasteiger partial charge is 0.252 e. The van der Waals surface area contributed by atoms with Crippen molar-refractivity contribution in [1.29, 1.82) is 0 Å². The van der Waals surface area contributed by atoms with Crippen molar-refractivity contribution < 1.29 is 8.78 Å². The highest BCUT2D eigenvalue weighted by molar-refractivity contribution is 6.14. The summed E-state index contributed by atoms with van der Waals surface area (Å²) >= 11 is 0. The van der Waals surface area contributed by atoms with Gasteiger partial charge in [0.05, 0.1) is 5.57 Å². The Morgan fingerprint density at radius 1 is 1.12 bits per heavy atom. The predicted molar refractivity (Wildman–Crippen MR) is 30.5 cm³/mol. The van der Waals surface area contributed by atoms with Crippen molar-refractivity contribution in [2.45, 2.75) is 32.0 Å². The molecule has 0 spiro atoms. The van der Waals surface area contributed by atoms with Crippen LogP contribution in [0.1, 0.15) is 20.8 Å². The van der Waals surface area contributed by atoms with Crippen LogP contribution in [-0.4, -0.2) is 19.1 Å². The zero-order chi connectivity index (χ0) is 7.00. The van der Waals surface area contributed by atoms with E-state index in [0.717, 1.165) is 20.8 Å². The monoisotopic (exact) mass is 118 g/mol. The van der Waals surface area contributed by atoms with Gasteiger partial charge in [-0.2, -0.15) is 0 Å². The number of alkyl halides is 2. The van der Waals surface area contributed by atoms with Gasteiger partial charge in [0.1, 0.15) is 13.5 Å². The highest BCUT2D eigenvalue weighted by Gasteiger charge is 2.36. The average Bonchev–Trinajstić information content (AvgIpc) is 1.25. The number of hydrogen-bond donors (Lipinski definition) is 0. The molecule has 0 saturated heterocycles. The SMILES string of the molecule is [B]C(C)(F)C(C)(C)F. The van der Waals surface area contributed by atoms with E-state index in [4.69, 9.17) is 7.85 Å². The van der Waals surface area contributed by atoms with Crippen molar-refractivity contribution in [3.63, 3.8) is 0 Å². The smallest absolute Gasteiger partial charge is 0.130 e. The van der Waals surface area contributed by atoms with Crippen molar-refractivity contribution >= 4 is 7.85 Å². The zero-order valence-electron chi connectivity index (χ0n) is 5.33. The fourth-order valence-electron chi connectivity index (χ4n) is 0. The molecule has 0 aromatic heterocycles. The van der Waals surface area contributed by atoms with Gasteiger partial charge in [-0.1, -0.05) is 0 Å². The van der Waals surface area contributed by atoms with Gasteiger partial charge in [-0.05, 0) is 20.8 Å². The molecule has 0 bridgehead atoms. The Morgan fingerprint density at radius 3 is 1.25 bits per heavy atom. The van der Waals surface area contributed by atoms with Crippen LogP contribution in [0.4, 0.5) is 8.78 Å². The molecular formula is C5H9BF2. The fourth-order valence-corrected chi connectivity index (χ4v) is 0. The normalized spacial score (nSPS) is 20.1. The van der Waals surface area contributed by atoms with Crippen molar-refractivity contribution in [2.75, 3.05) is 0 Å². The highest BCUT2D eigenvalue weighted by atomic mass is 19.2. The lowest BCUT2D eigenvalue weighted by molar-refractivity contribution is 0.0647. The Morgan fingerprint density at radius 2 is 1.25 bits per heavy atom. The summed E-state index contributed by atoms with van der Waals surface area (Å²) in [5.41, 5.74) is -4.18. The minimum absolute atomic E-state index is 1.01. The van der Waals surface area contributed by atoms with Crippen LogP contribution in [0.25, 0.3) is 0 Å². The van der Waals surface area contributed by atoms with Crippen LogP contribution in [0.2, 0.25) is 0 Å². The van der Waals surface area contributed by atoms with E-state index in [-0.39, 0.29) is 0 Å². The van der Waals surface area contributed by atoms with Crippen LogP contribution in [0, 0.1) is 0 Å². The van der Waals surface area contributed by atoms with Gasteiger partial charge < -0.3 is 0 Å². The summed E-state index contributed by atoms with van der Waals surface area (Å²) in [4.78, 5) is 0. The summed E-state index contributed by atoms with van der Waals surface area (Å²) in [7, 11) is 4.77. The van der Waals surface area contributed by atoms with E-state index in [1.165, 1.54) is 0 Å². The lowest BCUT2D eigenvalue weighted by Crippen LogP contribution is -2.40. The van der Waals surface area contributed by atoms with Gasteiger partial charge in [0.2, 0.25) is 0 Å². The van der Waals surface area contributed by atoms with E-state index in [9.17, 15) is 8.78 Å². The molecule has 8 heavy (non-hydrogen) atoms. The van der Waals surface area contributed by atoms with E-state index in [1.54, 1.807) is 0 Å². The molecule has 0 fully saturated rings. The van der Waals surface area contributed by atoms with Crippen LogP contribution in [-0.2, 0) is 0 Å². The third-order valence-corrected chi connectivity index (χ3v) is 1.16. The molecule has 0 saturated carbocycles. The number of rotatable bonds is 1. The standard InChI is InChI=1S/C5H9BF2/c1-4(2,7)5(3,6)8/h1-3H3. The van der Waals surface area contributed by atoms with Gasteiger partial charge in [0.25, 0.3) is 0 Å². The molecule has 1 atom stereocenters. The summed E-state index contributed by atoms with van der Waals surface area (Å²) < 4.78 is 24.7. The topological polar surface area (TPSA) is 0 Å². The summed E-state index contributed by atoms with van der Waals surface area (Å²) in [5.74, 6) is 0. The molecule has 2 radical (unpaired) electrons. The van der Waals surface area contributed by atoms with Crippen LogP contribution in [0.15, 0.2) is 0 Å². The second-order valence-corrected chi connectivity index (χ2v) is 2.55. The van der Waals surface area contributed by atoms with Gasteiger partial charge in [0.15, 0.2) is 0 Å². The lowest BCUT2D eigenvalue weighted by Gasteiger charge is -2.26. The fraction of sp³-hybridized carbons (Fsp3) is 1.00. The first kappa shape index (κ1) is 7.92. The van der Waals surface area contributed by atoms with E-state index in [1.807, 2.05) is 0 Å². The number of halogens is 2. The molecule has 46 valence electrons. The van der Waals surface area contributed by atoms with Crippen molar-refractivity contribution in [2.24, 2.45) is 0 Å². The van der Waals surface area contributed by atoms with Gasteiger partial charge in [-0.25, -0.2) is 4.39 Å². The lowest BCUT2D eigenvalue weighted by atomic mass is 9.74. The van der Waals surface area contributed by atoms with E-state index >= 15 is 0 Å². The Balaban J connectivity index is 4.02. The van der Waals surface area contributed by atoms with E-state index < -0.39 is 11.2 Å². The summed E-state index contributed by atoms with van der Waals surface area (Å²) in [5, 5.41) is 0. The van der Waals surface area contributed by atoms with E-state index in [0.29, 0.717) is 0 Å². The van der Waals surface area contributed by atoms with Crippen LogP contribution in [0.5, 0.6) is 0 Å². The van der Waals surface area contributed by atoms with Gasteiger partial charge in [-0.3, -0.25) is 4.39 Å². The minimum Gasteiger partial charge on any atom is -0.252 e. The second-order valence-electron chi connectivity index (χ2n) is 2.55. The maximum atomic E-state index is 12.4. The first-order valence-corrected chi connectivity index (χ1v) is 2.42. The van der Waals surface area contributed by atoms with Crippen molar-refractivity contribution in [3.05, 3.63) is 0 Å². The third kappa shape index (κ3) is 1.80. The Bertz CT molecular complexity index is 65.4. The van der Waals surface area contributed by atoms with Crippen LogP contribution < -0.4 is 0 Å². The van der Waals surface area contributed by atoms with Crippen molar-refractivity contribution in [3.8, 4) is 0 Å². The Labute approximate surface area is 49.7 Å². The van der Waals surface area contributed by atoms with Crippen LogP contribution in [0.3, 0.4) is 0 Å². The van der Waals surface area contributed by atoms with Crippen molar-refractivity contribution in [1.82, 2.24) is 0 Å². The zero-order valence-corrected chi connectivity index (χ0v) is 5.33. The quantitative estimate of drug-likeness (QED) is 0.458. The molecule has 0 nitrogen and oxygen atoms in total. The summed E-state index contributed by atoms with van der Waals surface area (Å²) in [6.45, 7) is 3.22. The second kappa shape index (κ2) is 1.71. The number of hydrogen-bond acceptors (Lipinski definition) is 0. The molecule has 1 unspecified atom stereocenters. The molecule has 0 heterocycles. The molecule has 3 heteroatoms. The Hall–Kier alpha value is -0.0751. The molecular weight excluding hydrogens is 109 g/mol. The van der Waals surface area contributed by atoms with E-state index in [2.05, 4.69) is 0 Å². The molecule has 0 amide bonds. The predicted octanol–water partition coefficient (Wildman–Crippen LogP) is 1.59. The Kier molecular flexibility index (Phi) is 1.69. The average molecular weight is 118 g/mol. The maximum Gasteiger partial charge on any atom is 0.130 e. The third-order valence-electron chi connectivity index (χ3n) is 1.16. The van der Waals surface area contributed by atoms with Gasteiger partial charge >= 0.3 is 0 Å². The molecule has 0 rings (SSSR count). The first-order valence-electron chi connectivity index (χ1n) is 2.42. The molecule has 0 aliphatic rings. The first-order chi connectivity index (χ1) is 3.25. The highest BCUT2D eigenvalue weighted by Crippen LogP contribution is 2.25.